The highest BCUT2D eigenvalue weighted by atomic mass is 127. The lowest BCUT2D eigenvalue weighted by Gasteiger charge is -2.37. The summed E-state index contributed by atoms with van der Waals surface area (Å²) in [6.45, 7) is 8.24. The van der Waals surface area contributed by atoms with Crippen LogP contribution in [0.25, 0.3) is 0 Å². The van der Waals surface area contributed by atoms with Gasteiger partial charge in [0.05, 0.1) is 6.26 Å². The smallest absolute Gasteiger partial charge is 0.191 e. The summed E-state index contributed by atoms with van der Waals surface area (Å²) in [4.78, 5) is 7.28. The lowest BCUT2D eigenvalue weighted by molar-refractivity contribution is 0.158. The number of rotatable bonds is 7. The summed E-state index contributed by atoms with van der Waals surface area (Å²) in [6.07, 6.45) is 4.82. The molecule has 2 N–H and O–H groups in total. The molecule has 0 spiro atoms. The molecule has 1 saturated heterocycles. The maximum atomic E-state index is 5.38. The van der Waals surface area contributed by atoms with Gasteiger partial charge in [-0.3, -0.25) is 9.89 Å². The van der Waals surface area contributed by atoms with Gasteiger partial charge in [-0.2, -0.15) is 0 Å². The van der Waals surface area contributed by atoms with Gasteiger partial charge >= 0.3 is 0 Å². The van der Waals surface area contributed by atoms with Crippen molar-refractivity contribution >= 4 is 29.9 Å². The van der Waals surface area contributed by atoms with E-state index in [-0.39, 0.29) is 24.0 Å². The topological polar surface area (TPSA) is 52.8 Å². The van der Waals surface area contributed by atoms with Crippen LogP contribution in [-0.4, -0.2) is 43.1 Å². The van der Waals surface area contributed by atoms with Gasteiger partial charge in [0.25, 0.3) is 0 Å². The number of aliphatic imine (C=N–C) groups is 1. The molecular formula is C22H33IN4O. The second-order valence-corrected chi connectivity index (χ2v) is 7.13. The first-order valence-electron chi connectivity index (χ1n) is 10.1. The van der Waals surface area contributed by atoms with E-state index < -0.39 is 0 Å². The number of hydrogen-bond acceptors (Lipinski definition) is 3. The number of likely N-dealkylation sites (tertiary alicyclic amines) is 1. The quantitative estimate of drug-likeness (QED) is 0.343. The van der Waals surface area contributed by atoms with Crippen molar-refractivity contribution < 1.29 is 4.42 Å². The Morgan fingerprint density at radius 1 is 1.18 bits per heavy atom. The number of halogens is 1. The minimum absolute atomic E-state index is 0. The Morgan fingerprint density at radius 3 is 2.57 bits per heavy atom. The second kappa shape index (κ2) is 12.1. The summed E-state index contributed by atoms with van der Waals surface area (Å²) in [5, 5.41) is 6.98. The van der Waals surface area contributed by atoms with Crippen LogP contribution >= 0.6 is 24.0 Å². The Bertz CT molecular complexity index is 682. The number of piperidine rings is 1. The SMILES string of the molecule is CCNC(=NCCc1ccco1)NC1CCN(C(C)c2ccccc2)CC1.I. The molecule has 1 aromatic carbocycles. The van der Waals surface area contributed by atoms with Crippen LogP contribution < -0.4 is 10.6 Å². The molecule has 5 nitrogen and oxygen atoms in total. The highest BCUT2D eigenvalue weighted by molar-refractivity contribution is 14.0. The standard InChI is InChI=1S/C22H32N4O.HI/c1-3-23-22(24-14-11-21-10-7-17-27-21)25-20-12-15-26(16-13-20)18(2)19-8-5-4-6-9-19;/h4-10,17-18,20H,3,11-16H2,1-2H3,(H2,23,24,25);1H. The normalized spacial score (nSPS) is 17.0. The molecule has 1 fully saturated rings. The summed E-state index contributed by atoms with van der Waals surface area (Å²) in [5.41, 5.74) is 1.40. The van der Waals surface area contributed by atoms with Crippen molar-refractivity contribution in [2.24, 2.45) is 4.99 Å². The van der Waals surface area contributed by atoms with E-state index in [1.165, 1.54) is 5.56 Å². The van der Waals surface area contributed by atoms with E-state index in [1.54, 1.807) is 6.26 Å². The van der Waals surface area contributed by atoms with Gasteiger partial charge in [0.1, 0.15) is 5.76 Å². The molecule has 1 unspecified atom stereocenters. The predicted molar refractivity (Wildman–Crippen MR) is 126 cm³/mol. The summed E-state index contributed by atoms with van der Waals surface area (Å²) < 4.78 is 5.38. The fourth-order valence-corrected chi connectivity index (χ4v) is 3.62. The number of furan rings is 1. The fourth-order valence-electron chi connectivity index (χ4n) is 3.62. The van der Waals surface area contributed by atoms with Crippen molar-refractivity contribution in [1.82, 2.24) is 15.5 Å². The third-order valence-electron chi connectivity index (χ3n) is 5.25. The van der Waals surface area contributed by atoms with E-state index >= 15 is 0 Å². The molecule has 3 rings (SSSR count). The molecule has 0 amide bonds. The molecule has 2 aromatic rings. The van der Waals surface area contributed by atoms with Crippen LogP contribution in [-0.2, 0) is 6.42 Å². The maximum absolute atomic E-state index is 5.38. The third-order valence-corrected chi connectivity index (χ3v) is 5.25. The molecule has 0 radical (unpaired) electrons. The third kappa shape index (κ3) is 6.81. The molecule has 1 aliphatic heterocycles. The second-order valence-electron chi connectivity index (χ2n) is 7.13. The van der Waals surface area contributed by atoms with E-state index in [2.05, 4.69) is 59.7 Å². The van der Waals surface area contributed by atoms with Gasteiger partial charge < -0.3 is 15.1 Å². The van der Waals surface area contributed by atoms with Crippen molar-refractivity contribution in [2.45, 2.75) is 45.2 Å². The lowest BCUT2D eigenvalue weighted by Crippen LogP contribution is -2.49. The van der Waals surface area contributed by atoms with Gasteiger partial charge in [0, 0.05) is 44.7 Å². The number of benzene rings is 1. The van der Waals surface area contributed by atoms with Crippen molar-refractivity contribution in [3.63, 3.8) is 0 Å². The average molecular weight is 496 g/mol. The molecule has 0 bridgehead atoms. The summed E-state index contributed by atoms with van der Waals surface area (Å²) in [5.74, 6) is 1.90. The van der Waals surface area contributed by atoms with Crippen LogP contribution in [0, 0.1) is 0 Å². The van der Waals surface area contributed by atoms with Crippen molar-refractivity contribution in [3.8, 4) is 0 Å². The van der Waals surface area contributed by atoms with Crippen LogP contribution in [0.2, 0.25) is 0 Å². The first-order chi connectivity index (χ1) is 13.3. The van der Waals surface area contributed by atoms with Gasteiger partial charge in [-0.05, 0) is 44.4 Å². The zero-order chi connectivity index (χ0) is 18.9. The summed E-state index contributed by atoms with van der Waals surface area (Å²) in [6, 6.07) is 15.7. The number of nitrogens with zero attached hydrogens (tertiary/aromatic N) is 2. The Balaban J connectivity index is 0.00000280. The highest BCUT2D eigenvalue weighted by Gasteiger charge is 2.23. The van der Waals surface area contributed by atoms with E-state index in [0.717, 1.165) is 57.2 Å². The van der Waals surface area contributed by atoms with Crippen molar-refractivity contribution in [3.05, 3.63) is 60.1 Å². The zero-order valence-electron chi connectivity index (χ0n) is 16.9. The molecule has 1 atom stereocenters. The average Bonchev–Trinajstić information content (AvgIpc) is 3.22. The highest BCUT2D eigenvalue weighted by Crippen LogP contribution is 2.23. The minimum Gasteiger partial charge on any atom is -0.469 e. The van der Waals surface area contributed by atoms with E-state index in [9.17, 15) is 0 Å². The Morgan fingerprint density at radius 2 is 1.93 bits per heavy atom. The van der Waals surface area contributed by atoms with Gasteiger partial charge in [-0.1, -0.05) is 30.3 Å². The molecule has 1 aliphatic rings. The van der Waals surface area contributed by atoms with Crippen LogP contribution in [0.15, 0.2) is 58.1 Å². The Kier molecular flexibility index (Phi) is 9.84. The molecule has 0 aliphatic carbocycles. The number of guanidine groups is 1. The monoisotopic (exact) mass is 496 g/mol. The number of nitrogens with one attached hydrogen (secondary N) is 2. The van der Waals surface area contributed by atoms with Gasteiger partial charge in [0.15, 0.2) is 5.96 Å². The summed E-state index contributed by atoms with van der Waals surface area (Å²) >= 11 is 0. The first kappa shape index (κ1) is 22.7. The van der Waals surface area contributed by atoms with Crippen molar-refractivity contribution in [2.75, 3.05) is 26.2 Å². The Labute approximate surface area is 186 Å². The molecule has 1 aromatic heterocycles. The van der Waals surface area contributed by atoms with Crippen molar-refractivity contribution in [1.29, 1.82) is 0 Å². The zero-order valence-corrected chi connectivity index (χ0v) is 19.3. The molecule has 28 heavy (non-hydrogen) atoms. The largest absolute Gasteiger partial charge is 0.469 e. The molecule has 0 saturated carbocycles. The molecular weight excluding hydrogens is 463 g/mol. The summed E-state index contributed by atoms with van der Waals surface area (Å²) in [7, 11) is 0. The predicted octanol–water partition coefficient (Wildman–Crippen LogP) is 4.22. The van der Waals surface area contributed by atoms with Gasteiger partial charge in [-0.25, -0.2) is 0 Å². The van der Waals surface area contributed by atoms with Gasteiger partial charge in [0.2, 0.25) is 0 Å². The maximum Gasteiger partial charge on any atom is 0.191 e. The number of hydrogen-bond donors (Lipinski definition) is 2. The van der Waals surface area contributed by atoms with Crippen LogP contribution in [0.5, 0.6) is 0 Å². The molecule has 154 valence electrons. The fraction of sp³-hybridized carbons (Fsp3) is 0.500. The molecule has 6 heteroatoms. The lowest BCUT2D eigenvalue weighted by atomic mass is 10.0. The van der Waals surface area contributed by atoms with Crippen LogP contribution in [0.3, 0.4) is 0 Å². The van der Waals surface area contributed by atoms with Crippen LogP contribution in [0.4, 0.5) is 0 Å². The minimum atomic E-state index is 0. The van der Waals surface area contributed by atoms with Gasteiger partial charge in [-0.15, -0.1) is 24.0 Å². The Hall–Kier alpha value is -1.54. The van der Waals surface area contributed by atoms with E-state index in [0.29, 0.717) is 12.1 Å². The van der Waals surface area contributed by atoms with E-state index in [4.69, 9.17) is 9.41 Å². The van der Waals surface area contributed by atoms with E-state index in [1.807, 2.05) is 12.1 Å². The molecule has 2 heterocycles. The van der Waals surface area contributed by atoms with Crippen LogP contribution in [0.1, 0.15) is 44.1 Å². The first-order valence-corrected chi connectivity index (χ1v) is 10.1.